The lowest BCUT2D eigenvalue weighted by Gasteiger charge is -2.01. The first-order valence-electron chi connectivity index (χ1n) is 7.46. The molecule has 0 bridgehead atoms. The van der Waals surface area contributed by atoms with Gasteiger partial charge < -0.3 is 10.1 Å². The first-order chi connectivity index (χ1) is 11.7. The SMILES string of the molecule is CCOC(=O)c1sc(Nc2cc(C)ccn2)nc1-c1ccccn1. The summed E-state index contributed by atoms with van der Waals surface area (Å²) in [5.41, 5.74) is 2.22. The van der Waals surface area contributed by atoms with Crippen LogP contribution in [-0.2, 0) is 4.74 Å². The highest BCUT2D eigenvalue weighted by molar-refractivity contribution is 7.18. The monoisotopic (exact) mass is 340 g/mol. The highest BCUT2D eigenvalue weighted by atomic mass is 32.1. The molecule has 0 aromatic carbocycles. The lowest BCUT2D eigenvalue weighted by molar-refractivity contribution is 0.0532. The zero-order chi connectivity index (χ0) is 16.9. The predicted molar refractivity (Wildman–Crippen MR) is 93.6 cm³/mol. The molecule has 7 heteroatoms. The Hall–Kier alpha value is -2.80. The van der Waals surface area contributed by atoms with Gasteiger partial charge in [-0.2, -0.15) is 0 Å². The van der Waals surface area contributed by atoms with Gasteiger partial charge in [-0.1, -0.05) is 17.4 Å². The molecule has 1 N–H and O–H groups in total. The molecule has 0 radical (unpaired) electrons. The molecule has 0 saturated carbocycles. The van der Waals surface area contributed by atoms with E-state index in [-0.39, 0.29) is 0 Å². The molecular formula is C17H16N4O2S. The zero-order valence-electron chi connectivity index (χ0n) is 13.3. The van der Waals surface area contributed by atoms with Gasteiger partial charge in [0, 0.05) is 12.4 Å². The van der Waals surface area contributed by atoms with Crippen LogP contribution in [0.25, 0.3) is 11.4 Å². The summed E-state index contributed by atoms with van der Waals surface area (Å²) in [5.74, 6) is 0.271. The molecule has 3 aromatic heterocycles. The van der Waals surface area contributed by atoms with Gasteiger partial charge in [0.25, 0.3) is 0 Å². The average Bonchev–Trinajstić information content (AvgIpc) is 3.00. The number of aromatic nitrogens is 3. The van der Waals surface area contributed by atoms with Gasteiger partial charge >= 0.3 is 5.97 Å². The van der Waals surface area contributed by atoms with Crippen LogP contribution in [0.1, 0.15) is 22.2 Å². The predicted octanol–water partition coefficient (Wildman–Crippen LogP) is 3.83. The van der Waals surface area contributed by atoms with E-state index in [2.05, 4.69) is 20.3 Å². The minimum Gasteiger partial charge on any atom is -0.462 e. The van der Waals surface area contributed by atoms with Crippen molar-refractivity contribution in [3.8, 4) is 11.4 Å². The van der Waals surface area contributed by atoms with Gasteiger partial charge in [-0.15, -0.1) is 0 Å². The molecule has 0 aliphatic heterocycles. The molecule has 0 atom stereocenters. The Labute approximate surface area is 143 Å². The van der Waals surface area contributed by atoms with E-state index < -0.39 is 5.97 Å². The normalized spacial score (nSPS) is 10.4. The van der Waals surface area contributed by atoms with Crippen molar-refractivity contribution in [3.63, 3.8) is 0 Å². The molecule has 0 spiro atoms. The second-order valence-electron chi connectivity index (χ2n) is 4.98. The Kier molecular flexibility index (Phi) is 4.81. The first-order valence-corrected chi connectivity index (χ1v) is 8.28. The van der Waals surface area contributed by atoms with Gasteiger partial charge in [0.15, 0.2) is 5.13 Å². The van der Waals surface area contributed by atoms with Crippen LogP contribution in [0.4, 0.5) is 10.9 Å². The van der Waals surface area contributed by atoms with E-state index in [0.29, 0.717) is 33.8 Å². The molecule has 3 rings (SSSR count). The van der Waals surface area contributed by atoms with E-state index in [1.807, 2.05) is 37.3 Å². The number of carbonyl (C=O) groups excluding carboxylic acids is 1. The van der Waals surface area contributed by atoms with Crippen LogP contribution >= 0.6 is 11.3 Å². The summed E-state index contributed by atoms with van der Waals surface area (Å²) in [6.45, 7) is 4.06. The van der Waals surface area contributed by atoms with Crippen LogP contribution < -0.4 is 5.32 Å². The molecule has 0 fully saturated rings. The standard InChI is InChI=1S/C17H16N4O2S/c1-3-23-16(22)15-14(12-6-4-5-8-18-12)21-17(24-15)20-13-10-11(2)7-9-19-13/h4-10H,3H2,1-2H3,(H,19,20,21). The Morgan fingerprint density at radius 2 is 2.12 bits per heavy atom. The minimum absolute atomic E-state index is 0.306. The third-order valence-corrected chi connectivity index (χ3v) is 4.10. The van der Waals surface area contributed by atoms with Crippen molar-refractivity contribution in [2.24, 2.45) is 0 Å². The van der Waals surface area contributed by atoms with E-state index in [9.17, 15) is 4.79 Å². The van der Waals surface area contributed by atoms with Crippen molar-refractivity contribution in [2.45, 2.75) is 13.8 Å². The number of ether oxygens (including phenoxy) is 1. The molecule has 0 aliphatic carbocycles. The van der Waals surface area contributed by atoms with Gasteiger partial charge in [0.05, 0.1) is 12.3 Å². The summed E-state index contributed by atoms with van der Waals surface area (Å²) >= 11 is 1.23. The first kappa shape index (κ1) is 16.1. The third kappa shape index (κ3) is 3.57. The number of aryl methyl sites for hydroxylation is 1. The Bertz CT molecular complexity index is 849. The quantitative estimate of drug-likeness (QED) is 0.711. The van der Waals surface area contributed by atoms with Gasteiger partial charge in [-0.3, -0.25) is 4.98 Å². The van der Waals surface area contributed by atoms with Crippen LogP contribution in [0.2, 0.25) is 0 Å². The highest BCUT2D eigenvalue weighted by Crippen LogP contribution is 2.32. The number of carbonyl (C=O) groups is 1. The second kappa shape index (κ2) is 7.18. The van der Waals surface area contributed by atoms with Crippen molar-refractivity contribution >= 4 is 28.3 Å². The maximum absolute atomic E-state index is 12.2. The summed E-state index contributed by atoms with van der Waals surface area (Å²) < 4.78 is 5.13. The van der Waals surface area contributed by atoms with E-state index in [4.69, 9.17) is 4.74 Å². The Morgan fingerprint density at radius 1 is 1.25 bits per heavy atom. The van der Waals surface area contributed by atoms with Gasteiger partial charge in [-0.25, -0.2) is 14.8 Å². The highest BCUT2D eigenvalue weighted by Gasteiger charge is 2.21. The number of anilines is 2. The fourth-order valence-electron chi connectivity index (χ4n) is 2.10. The van der Waals surface area contributed by atoms with Crippen LogP contribution in [-0.4, -0.2) is 27.5 Å². The molecule has 122 valence electrons. The van der Waals surface area contributed by atoms with Crippen LogP contribution in [0.3, 0.4) is 0 Å². The number of hydrogen-bond acceptors (Lipinski definition) is 7. The zero-order valence-corrected chi connectivity index (χ0v) is 14.1. The molecule has 0 aliphatic rings. The summed E-state index contributed by atoms with van der Waals surface area (Å²) in [6.07, 6.45) is 3.38. The number of nitrogens with zero attached hydrogens (tertiary/aromatic N) is 3. The largest absolute Gasteiger partial charge is 0.462 e. The molecule has 0 saturated heterocycles. The maximum Gasteiger partial charge on any atom is 0.350 e. The number of nitrogens with one attached hydrogen (secondary N) is 1. The van der Waals surface area contributed by atoms with Crippen molar-refractivity contribution in [1.82, 2.24) is 15.0 Å². The average molecular weight is 340 g/mol. The number of rotatable bonds is 5. The van der Waals surface area contributed by atoms with Crippen molar-refractivity contribution in [3.05, 3.63) is 53.2 Å². The third-order valence-electron chi connectivity index (χ3n) is 3.15. The fraction of sp³-hybridized carbons (Fsp3) is 0.176. The Balaban J connectivity index is 1.98. The molecule has 0 amide bonds. The van der Waals surface area contributed by atoms with E-state index in [1.165, 1.54) is 11.3 Å². The van der Waals surface area contributed by atoms with Crippen LogP contribution in [0, 0.1) is 6.92 Å². The second-order valence-corrected chi connectivity index (χ2v) is 5.97. The summed E-state index contributed by atoms with van der Waals surface area (Å²) in [6, 6.07) is 9.30. The fourth-order valence-corrected chi connectivity index (χ4v) is 2.97. The molecule has 24 heavy (non-hydrogen) atoms. The topological polar surface area (TPSA) is 77.0 Å². The summed E-state index contributed by atoms with van der Waals surface area (Å²) in [7, 11) is 0. The molecule has 3 aromatic rings. The minimum atomic E-state index is -0.402. The molecule has 0 unspecified atom stereocenters. The van der Waals surface area contributed by atoms with Crippen molar-refractivity contribution < 1.29 is 9.53 Å². The summed E-state index contributed by atoms with van der Waals surface area (Å²) in [4.78, 5) is 25.7. The van der Waals surface area contributed by atoms with Gasteiger partial charge in [0.1, 0.15) is 16.4 Å². The van der Waals surface area contributed by atoms with E-state index >= 15 is 0 Å². The van der Waals surface area contributed by atoms with Gasteiger partial charge in [0.2, 0.25) is 0 Å². The smallest absolute Gasteiger partial charge is 0.350 e. The number of pyridine rings is 2. The van der Waals surface area contributed by atoms with E-state index in [1.54, 1.807) is 19.3 Å². The van der Waals surface area contributed by atoms with Crippen LogP contribution in [0.15, 0.2) is 42.7 Å². The van der Waals surface area contributed by atoms with Gasteiger partial charge in [-0.05, 0) is 43.7 Å². The van der Waals surface area contributed by atoms with Crippen LogP contribution in [0.5, 0.6) is 0 Å². The molecule has 6 nitrogen and oxygen atoms in total. The summed E-state index contributed by atoms with van der Waals surface area (Å²) in [5, 5.41) is 3.70. The van der Waals surface area contributed by atoms with E-state index in [0.717, 1.165) is 5.56 Å². The molecule has 3 heterocycles. The molecular weight excluding hydrogens is 324 g/mol. The lowest BCUT2D eigenvalue weighted by Crippen LogP contribution is -2.04. The number of hydrogen-bond donors (Lipinski definition) is 1. The lowest BCUT2D eigenvalue weighted by atomic mass is 10.2. The van der Waals surface area contributed by atoms with Crippen molar-refractivity contribution in [2.75, 3.05) is 11.9 Å². The maximum atomic E-state index is 12.2. The Morgan fingerprint density at radius 3 is 2.83 bits per heavy atom. The number of thiazole rings is 1. The number of esters is 1. The van der Waals surface area contributed by atoms with Crippen molar-refractivity contribution in [1.29, 1.82) is 0 Å².